The molecule has 0 N–H and O–H groups in total. The van der Waals surface area contributed by atoms with Gasteiger partial charge in [0, 0.05) is 68.2 Å². The molecule has 558 valence electrons. The van der Waals surface area contributed by atoms with E-state index in [9.17, 15) is 0 Å². The van der Waals surface area contributed by atoms with E-state index in [0.29, 0.717) is 0 Å². The van der Waals surface area contributed by atoms with E-state index in [0.717, 1.165) is 68.0 Å². The fraction of sp³-hybridized carbons (Fsp3) is 0.145. The molecule has 4 heterocycles. The van der Waals surface area contributed by atoms with Crippen LogP contribution in [0.15, 0.2) is 340 Å². The average Bonchev–Trinajstić information content (AvgIpc) is 0.678. The molecule has 0 radical (unpaired) electrons. The third-order valence-corrected chi connectivity index (χ3v) is 25.5. The standard InChI is InChI=1S/C110H92B2N4/c1-107(2,3)73-61-74(108(4,5)6)64-79(63-73)115-95-68-96-92(67-91(95)111-89-53-33-35-55-93(89)113(77-41-21-15-22-42-77)97-57-71(59-99(115)105(97)111)103-85-49-29-25-45-81(85)101(69-37-17-13-18-38-69)82-46-26-30-50-86(82)103)112-90-54-34-36-56-94(90)114(78-43-23-16-24-44-78)98-58-72(60-100(106(98)112)116(96)80-65-75(109(7,8)9)62-76(66-80)110(10,11)12)104-87-51-31-27-47-83(87)102(70-39-19-14-20-40-70)84-48-28-32-52-88(84)104/h13-68H,1-12H3. The van der Waals surface area contributed by atoms with Gasteiger partial charge in [-0.05, 0) is 255 Å². The summed E-state index contributed by atoms with van der Waals surface area (Å²) in [6.07, 6.45) is 0. The molecule has 17 aromatic rings. The fourth-order valence-corrected chi connectivity index (χ4v) is 19.9. The minimum absolute atomic E-state index is 0.213. The number of anilines is 12. The summed E-state index contributed by atoms with van der Waals surface area (Å²) in [6.45, 7) is 28.2. The summed E-state index contributed by atoms with van der Waals surface area (Å²) in [5, 5.41) is 9.75. The van der Waals surface area contributed by atoms with Gasteiger partial charge in [0.1, 0.15) is 0 Å². The topological polar surface area (TPSA) is 13.0 Å². The highest BCUT2D eigenvalue weighted by molar-refractivity contribution is 7.03. The Balaban J connectivity index is 0.941. The minimum Gasteiger partial charge on any atom is -0.311 e. The molecular weight excluding hydrogens is 1400 g/mol. The Kier molecular flexibility index (Phi) is 16.1. The lowest BCUT2D eigenvalue weighted by atomic mass is 9.30. The van der Waals surface area contributed by atoms with Gasteiger partial charge in [-0.1, -0.05) is 332 Å². The van der Waals surface area contributed by atoms with Gasteiger partial charge in [-0.25, -0.2) is 0 Å². The van der Waals surface area contributed by atoms with Gasteiger partial charge < -0.3 is 19.6 Å². The highest BCUT2D eigenvalue weighted by atomic mass is 15.2. The van der Waals surface area contributed by atoms with Crippen molar-refractivity contribution in [2.45, 2.75) is 105 Å². The maximum absolute atomic E-state index is 2.75. The molecule has 0 saturated heterocycles. The third-order valence-electron chi connectivity index (χ3n) is 25.5. The Morgan fingerprint density at radius 3 is 0.707 bits per heavy atom. The summed E-state index contributed by atoms with van der Waals surface area (Å²) >= 11 is 0. The van der Waals surface area contributed by atoms with Crippen molar-refractivity contribution in [2.75, 3.05) is 19.6 Å². The van der Waals surface area contributed by atoms with E-state index in [4.69, 9.17) is 0 Å². The van der Waals surface area contributed by atoms with Crippen molar-refractivity contribution in [3.63, 3.8) is 0 Å². The fourth-order valence-electron chi connectivity index (χ4n) is 19.9. The number of fused-ring (bicyclic) bond motifs is 12. The van der Waals surface area contributed by atoms with Gasteiger partial charge in [-0.3, -0.25) is 0 Å². The summed E-state index contributed by atoms with van der Waals surface area (Å²) in [6, 6.07) is 131. The average molecular weight is 1490 g/mol. The van der Waals surface area contributed by atoms with E-state index in [-0.39, 0.29) is 35.1 Å². The zero-order valence-electron chi connectivity index (χ0n) is 68.3. The summed E-state index contributed by atoms with van der Waals surface area (Å²) in [5.74, 6) is 0. The zero-order valence-corrected chi connectivity index (χ0v) is 68.3. The molecular formula is C110H92B2N4. The number of hydrogen-bond donors (Lipinski definition) is 0. The first kappa shape index (κ1) is 70.9. The SMILES string of the molecule is CC(C)(C)c1cc(N2c3cc4c(cc3B3c5ccccc5N(c5ccccc5)c5cc(-c6c7ccccc7c(-c7ccccc7)c7ccccc67)cc2c53)B2c3ccccc3N(c3ccccc3)c3cc(-c5c6ccccc6c(-c6ccccc6)c6ccccc56)cc(c32)N4c2cc(C(C)(C)C)cc(C(C)(C)C)c2)cc(C(C)(C)C)c1. The van der Waals surface area contributed by atoms with Crippen molar-refractivity contribution in [3.8, 4) is 44.5 Å². The van der Waals surface area contributed by atoms with E-state index in [1.54, 1.807) is 0 Å². The summed E-state index contributed by atoms with van der Waals surface area (Å²) in [5.41, 5.74) is 35.4. The Bertz CT molecular complexity index is 6310. The molecule has 0 fully saturated rings. The van der Waals surface area contributed by atoms with Crippen LogP contribution in [-0.2, 0) is 21.7 Å². The van der Waals surface area contributed by atoms with Crippen molar-refractivity contribution in [1.29, 1.82) is 0 Å². The van der Waals surface area contributed by atoms with Crippen LogP contribution < -0.4 is 52.4 Å². The largest absolute Gasteiger partial charge is 0.311 e. The number of para-hydroxylation sites is 4. The molecule has 17 aromatic carbocycles. The molecule has 116 heavy (non-hydrogen) atoms. The molecule has 0 atom stereocenters. The summed E-state index contributed by atoms with van der Waals surface area (Å²) in [4.78, 5) is 10.7. The zero-order chi connectivity index (χ0) is 79.0. The lowest BCUT2D eigenvalue weighted by Crippen LogP contribution is -2.65. The Hall–Kier alpha value is -12.9. The molecule has 0 bridgehead atoms. The van der Waals surface area contributed by atoms with E-state index in [1.165, 1.54) is 143 Å². The monoisotopic (exact) mass is 1490 g/mol. The molecule has 0 saturated carbocycles. The Labute approximate surface area is 683 Å². The predicted octanol–water partition coefficient (Wildman–Crippen LogP) is 26.3. The van der Waals surface area contributed by atoms with Gasteiger partial charge in [0.05, 0.1) is 0 Å². The van der Waals surface area contributed by atoms with Crippen LogP contribution in [0.3, 0.4) is 0 Å². The normalized spacial score (nSPS) is 13.6. The van der Waals surface area contributed by atoms with Gasteiger partial charge in [0.2, 0.25) is 0 Å². The quantitative estimate of drug-likeness (QED) is 0.111. The molecule has 0 aromatic heterocycles. The molecule has 0 spiro atoms. The number of hydrogen-bond acceptors (Lipinski definition) is 4. The van der Waals surface area contributed by atoms with Gasteiger partial charge in [0.25, 0.3) is 13.4 Å². The molecule has 6 heteroatoms. The number of rotatable bonds is 8. The van der Waals surface area contributed by atoms with Gasteiger partial charge in [0.15, 0.2) is 0 Å². The second-order valence-corrected chi connectivity index (χ2v) is 36.8. The van der Waals surface area contributed by atoms with Crippen molar-refractivity contribution >= 4 is 158 Å². The van der Waals surface area contributed by atoms with E-state index in [1.807, 2.05) is 0 Å². The van der Waals surface area contributed by atoms with Gasteiger partial charge >= 0.3 is 0 Å². The maximum atomic E-state index is 2.75. The highest BCUT2D eigenvalue weighted by Crippen LogP contribution is 2.55. The van der Waals surface area contributed by atoms with Crippen LogP contribution in [0.25, 0.3) is 87.6 Å². The molecule has 0 unspecified atom stereocenters. The van der Waals surface area contributed by atoms with Crippen LogP contribution >= 0.6 is 0 Å². The molecule has 0 aliphatic carbocycles. The van der Waals surface area contributed by atoms with Crippen LogP contribution in [0.5, 0.6) is 0 Å². The Morgan fingerprint density at radius 1 is 0.181 bits per heavy atom. The molecule has 4 nitrogen and oxygen atoms in total. The van der Waals surface area contributed by atoms with Gasteiger partial charge in [-0.15, -0.1) is 0 Å². The third kappa shape index (κ3) is 11.2. The van der Waals surface area contributed by atoms with E-state index in [2.05, 4.69) is 442 Å². The van der Waals surface area contributed by atoms with Crippen LogP contribution in [-0.4, -0.2) is 13.4 Å². The van der Waals surface area contributed by atoms with Crippen LogP contribution in [0, 0.1) is 0 Å². The van der Waals surface area contributed by atoms with Crippen LogP contribution in [0.4, 0.5) is 68.2 Å². The first-order valence-corrected chi connectivity index (χ1v) is 41.5. The predicted molar refractivity (Wildman–Crippen MR) is 501 cm³/mol. The second-order valence-electron chi connectivity index (χ2n) is 36.8. The van der Waals surface area contributed by atoms with Crippen LogP contribution in [0.1, 0.15) is 105 Å². The van der Waals surface area contributed by atoms with Crippen molar-refractivity contribution in [3.05, 3.63) is 362 Å². The molecule has 21 rings (SSSR count). The minimum atomic E-state index is -0.225. The van der Waals surface area contributed by atoms with Crippen molar-refractivity contribution in [1.82, 2.24) is 0 Å². The van der Waals surface area contributed by atoms with Crippen LogP contribution in [0.2, 0.25) is 0 Å². The number of nitrogens with zero attached hydrogens (tertiary/aromatic N) is 4. The van der Waals surface area contributed by atoms with Gasteiger partial charge in [-0.2, -0.15) is 0 Å². The maximum Gasteiger partial charge on any atom is 0.252 e. The summed E-state index contributed by atoms with van der Waals surface area (Å²) in [7, 11) is 0. The molecule has 0 amide bonds. The number of benzene rings is 17. The first-order valence-electron chi connectivity index (χ1n) is 41.5. The Morgan fingerprint density at radius 2 is 0.422 bits per heavy atom. The molecule has 4 aliphatic rings. The smallest absolute Gasteiger partial charge is 0.252 e. The second kappa shape index (κ2) is 26.3. The summed E-state index contributed by atoms with van der Waals surface area (Å²) < 4.78 is 0. The van der Waals surface area contributed by atoms with E-state index < -0.39 is 0 Å². The first-order chi connectivity index (χ1) is 56.1. The lowest BCUT2D eigenvalue weighted by molar-refractivity contribution is 0.568. The van der Waals surface area contributed by atoms with Crippen molar-refractivity contribution < 1.29 is 0 Å². The van der Waals surface area contributed by atoms with Crippen molar-refractivity contribution in [2.24, 2.45) is 0 Å². The molecule has 4 aliphatic heterocycles. The van der Waals surface area contributed by atoms with E-state index >= 15 is 0 Å². The lowest BCUT2D eigenvalue weighted by Gasteiger charge is -2.48. The highest BCUT2D eigenvalue weighted by Gasteiger charge is 2.50.